The Labute approximate surface area is 202 Å². The number of rotatable bonds is 7. The number of nitrogens with one attached hydrogen (secondary N) is 2. The molecular weight excluding hydrogens is 456 g/mol. The van der Waals surface area contributed by atoms with Crippen molar-refractivity contribution in [3.8, 4) is 11.3 Å². The predicted molar refractivity (Wildman–Crippen MR) is 127 cm³/mol. The van der Waals surface area contributed by atoms with E-state index in [4.69, 9.17) is 9.72 Å². The third-order valence-corrected chi connectivity index (χ3v) is 5.29. The van der Waals surface area contributed by atoms with Crippen LogP contribution in [-0.2, 0) is 22.0 Å². The fraction of sp³-hybridized carbons (Fsp3) is 0.375. The molecule has 1 aliphatic heterocycles. The van der Waals surface area contributed by atoms with E-state index < -0.39 is 11.7 Å². The van der Waals surface area contributed by atoms with Gasteiger partial charge in [-0.05, 0) is 19.1 Å². The molecule has 35 heavy (non-hydrogen) atoms. The summed E-state index contributed by atoms with van der Waals surface area (Å²) < 4.78 is 33.2. The summed E-state index contributed by atoms with van der Waals surface area (Å²) in [5.41, 5.74) is 3.05. The number of amides is 1. The molecule has 3 aromatic rings. The number of morpholine rings is 1. The van der Waals surface area contributed by atoms with Gasteiger partial charge in [0.25, 0.3) is 0 Å². The van der Waals surface area contributed by atoms with Crippen LogP contribution in [0.3, 0.4) is 0 Å². The third kappa shape index (κ3) is 6.52. The highest BCUT2D eigenvalue weighted by Crippen LogP contribution is 2.32. The second kappa shape index (κ2) is 10.4. The Bertz CT molecular complexity index is 1210. The fourth-order valence-electron chi connectivity index (χ4n) is 3.68. The molecule has 1 fully saturated rings. The van der Waals surface area contributed by atoms with E-state index in [-0.39, 0.29) is 11.7 Å². The molecule has 1 saturated heterocycles. The average molecular weight is 484 g/mol. The molecule has 11 heteroatoms. The molecule has 3 aromatic heterocycles. The minimum absolute atomic E-state index is 0.194. The molecule has 9 nitrogen and oxygen atoms in total. The zero-order valence-electron chi connectivity index (χ0n) is 19.8. The summed E-state index contributed by atoms with van der Waals surface area (Å²) in [6.45, 7) is 7.49. The van der Waals surface area contributed by atoms with Crippen LogP contribution < -0.4 is 10.6 Å². The van der Waals surface area contributed by atoms with E-state index in [9.17, 15) is 13.6 Å². The number of nitrogens with zero attached hydrogens (tertiary/aromatic N) is 5. The first kappa shape index (κ1) is 24.6. The number of hydrogen-bond acceptors (Lipinski definition) is 8. The van der Waals surface area contributed by atoms with Gasteiger partial charge in [0, 0.05) is 63.1 Å². The summed E-state index contributed by atoms with van der Waals surface area (Å²) in [6.07, 6.45) is 1.58. The molecule has 0 aromatic carbocycles. The average Bonchev–Trinajstić information content (AvgIpc) is 2.79. The first-order chi connectivity index (χ1) is 16.7. The number of ether oxygens (including phenoxy) is 1. The van der Waals surface area contributed by atoms with Gasteiger partial charge in [-0.1, -0.05) is 6.07 Å². The van der Waals surface area contributed by atoms with Crippen molar-refractivity contribution in [1.82, 2.24) is 24.8 Å². The number of hydrogen-bond donors (Lipinski definition) is 2. The lowest BCUT2D eigenvalue weighted by Crippen LogP contribution is -2.35. The lowest BCUT2D eigenvalue weighted by molar-refractivity contribution is -0.114. The van der Waals surface area contributed by atoms with Crippen LogP contribution in [0.15, 0.2) is 36.5 Å². The van der Waals surface area contributed by atoms with Gasteiger partial charge >= 0.3 is 5.92 Å². The quantitative estimate of drug-likeness (QED) is 0.522. The van der Waals surface area contributed by atoms with Crippen molar-refractivity contribution < 1.29 is 18.3 Å². The predicted octanol–water partition coefficient (Wildman–Crippen LogP) is 3.89. The van der Waals surface area contributed by atoms with Gasteiger partial charge in [-0.25, -0.2) is 15.0 Å². The largest absolute Gasteiger partial charge is 0.379 e. The minimum atomic E-state index is -3.19. The van der Waals surface area contributed by atoms with Gasteiger partial charge in [0.2, 0.25) is 11.7 Å². The summed E-state index contributed by atoms with van der Waals surface area (Å²) in [5, 5.41) is 5.74. The maximum atomic E-state index is 13.9. The third-order valence-electron chi connectivity index (χ3n) is 5.29. The molecule has 0 saturated carbocycles. The van der Waals surface area contributed by atoms with Crippen molar-refractivity contribution in [2.75, 3.05) is 36.9 Å². The number of carbonyl (C=O) groups excluding carboxylic acids is 1. The van der Waals surface area contributed by atoms with Gasteiger partial charge in [-0.15, -0.1) is 0 Å². The fourth-order valence-corrected chi connectivity index (χ4v) is 3.68. The number of aromatic nitrogens is 4. The number of anilines is 3. The van der Waals surface area contributed by atoms with E-state index in [1.807, 2.05) is 18.2 Å². The molecular formula is C24H27F2N7O2. The number of pyridine rings is 2. The number of halogens is 2. The molecule has 1 aliphatic rings. The monoisotopic (exact) mass is 483 g/mol. The molecule has 0 spiro atoms. The molecule has 0 atom stereocenters. The summed E-state index contributed by atoms with van der Waals surface area (Å²) in [6, 6.07) is 8.90. The molecule has 1 amide bonds. The van der Waals surface area contributed by atoms with Gasteiger partial charge in [-0.2, -0.15) is 8.78 Å². The Kier molecular flexibility index (Phi) is 7.27. The van der Waals surface area contributed by atoms with Crippen molar-refractivity contribution in [3.63, 3.8) is 0 Å². The van der Waals surface area contributed by atoms with Gasteiger partial charge < -0.3 is 15.4 Å². The van der Waals surface area contributed by atoms with Crippen molar-refractivity contribution in [1.29, 1.82) is 0 Å². The van der Waals surface area contributed by atoms with Crippen LogP contribution >= 0.6 is 0 Å². The Balaban J connectivity index is 1.70. The van der Waals surface area contributed by atoms with Crippen LogP contribution in [0.25, 0.3) is 11.3 Å². The Morgan fingerprint density at radius 2 is 1.91 bits per heavy atom. The SMILES string of the molecule is CC(=O)Nc1cc(Nc2cc(C)nc(C(C)(F)F)n2)c(-c2cccc(CN3CCOCC3)n2)cn1. The highest BCUT2D eigenvalue weighted by atomic mass is 19.3. The van der Waals surface area contributed by atoms with E-state index in [2.05, 4.69) is 30.5 Å². The molecule has 4 heterocycles. The minimum Gasteiger partial charge on any atom is -0.379 e. The zero-order valence-corrected chi connectivity index (χ0v) is 19.8. The molecule has 184 valence electrons. The standard InChI is InChI=1S/C24H27F2N7O2/c1-15-11-22(32-23(28-15)24(3,25)26)31-20-12-21(29-16(2)34)27-13-18(20)19-6-4-5-17(30-19)14-33-7-9-35-10-8-33/h4-6,11-13H,7-10,14H2,1-3H3,(H2,27,28,29,31,32,34). The van der Waals surface area contributed by atoms with Gasteiger partial charge in [0.15, 0.2) is 0 Å². The molecule has 0 bridgehead atoms. The normalized spacial score (nSPS) is 14.5. The molecule has 0 aliphatic carbocycles. The topological polar surface area (TPSA) is 105 Å². The second-order valence-corrected chi connectivity index (χ2v) is 8.43. The first-order valence-electron chi connectivity index (χ1n) is 11.2. The molecule has 4 rings (SSSR count). The number of carbonyl (C=O) groups is 1. The van der Waals surface area contributed by atoms with Crippen LogP contribution in [0.2, 0.25) is 0 Å². The summed E-state index contributed by atoms with van der Waals surface area (Å²) in [5.74, 6) is -3.56. The van der Waals surface area contributed by atoms with Crippen LogP contribution in [-0.4, -0.2) is 57.0 Å². The summed E-state index contributed by atoms with van der Waals surface area (Å²) in [7, 11) is 0. The van der Waals surface area contributed by atoms with Gasteiger partial charge in [-0.3, -0.25) is 14.7 Å². The van der Waals surface area contributed by atoms with E-state index in [1.54, 1.807) is 25.3 Å². The second-order valence-electron chi connectivity index (χ2n) is 8.43. The van der Waals surface area contributed by atoms with Crippen LogP contribution in [0.4, 0.5) is 26.1 Å². The maximum Gasteiger partial charge on any atom is 0.303 e. The van der Waals surface area contributed by atoms with Gasteiger partial charge in [0.1, 0.15) is 11.6 Å². The molecule has 0 unspecified atom stereocenters. The van der Waals surface area contributed by atoms with E-state index >= 15 is 0 Å². The summed E-state index contributed by atoms with van der Waals surface area (Å²) >= 11 is 0. The van der Waals surface area contributed by atoms with Crippen molar-refractivity contribution in [2.45, 2.75) is 33.2 Å². The van der Waals surface area contributed by atoms with E-state index in [1.165, 1.54) is 6.92 Å². The lowest BCUT2D eigenvalue weighted by Gasteiger charge is -2.26. The van der Waals surface area contributed by atoms with Gasteiger partial charge in [0.05, 0.1) is 30.3 Å². The zero-order chi connectivity index (χ0) is 25.0. The Morgan fingerprint density at radius 3 is 2.63 bits per heavy atom. The van der Waals surface area contributed by atoms with Crippen LogP contribution in [0.1, 0.15) is 31.1 Å². The number of alkyl halides is 2. The summed E-state index contributed by atoms with van der Waals surface area (Å²) in [4.78, 5) is 30.8. The van der Waals surface area contributed by atoms with Crippen LogP contribution in [0.5, 0.6) is 0 Å². The number of aryl methyl sites for hydroxylation is 1. The van der Waals surface area contributed by atoms with Crippen molar-refractivity contribution in [3.05, 3.63) is 53.7 Å². The Hall–Kier alpha value is -3.57. The van der Waals surface area contributed by atoms with Crippen LogP contribution in [0, 0.1) is 6.92 Å². The highest BCUT2D eigenvalue weighted by molar-refractivity contribution is 5.89. The van der Waals surface area contributed by atoms with E-state index in [0.717, 1.165) is 25.7 Å². The van der Waals surface area contributed by atoms with Crippen molar-refractivity contribution in [2.24, 2.45) is 0 Å². The highest BCUT2D eigenvalue weighted by Gasteiger charge is 2.29. The maximum absolute atomic E-state index is 13.9. The lowest BCUT2D eigenvalue weighted by atomic mass is 10.1. The molecule has 2 N–H and O–H groups in total. The van der Waals surface area contributed by atoms with E-state index in [0.29, 0.717) is 48.2 Å². The first-order valence-corrected chi connectivity index (χ1v) is 11.2. The smallest absolute Gasteiger partial charge is 0.303 e. The molecule has 0 radical (unpaired) electrons. The van der Waals surface area contributed by atoms with Crippen molar-refractivity contribution >= 4 is 23.2 Å². The Morgan fingerprint density at radius 1 is 1.14 bits per heavy atom.